The van der Waals surface area contributed by atoms with Gasteiger partial charge in [0, 0.05) is 29.2 Å². The summed E-state index contributed by atoms with van der Waals surface area (Å²) >= 11 is 3.43. The van der Waals surface area contributed by atoms with Crippen LogP contribution in [0.15, 0.2) is 16.7 Å². The van der Waals surface area contributed by atoms with Crippen molar-refractivity contribution in [3.63, 3.8) is 0 Å². The first kappa shape index (κ1) is 13.5. The van der Waals surface area contributed by atoms with Crippen LogP contribution in [0.5, 0.6) is 0 Å². The molecule has 4 nitrogen and oxygen atoms in total. The summed E-state index contributed by atoms with van der Waals surface area (Å²) in [5.74, 6) is 1.07. The zero-order valence-electron chi connectivity index (χ0n) is 11.1. The van der Waals surface area contributed by atoms with E-state index in [9.17, 15) is 0 Å². The number of fused-ring (bicyclic) bond motifs is 1. The molecule has 0 saturated carbocycles. The molecule has 0 aliphatic rings. The van der Waals surface area contributed by atoms with Crippen LogP contribution in [0, 0.1) is 0 Å². The summed E-state index contributed by atoms with van der Waals surface area (Å²) in [5, 5.41) is 0. The summed E-state index contributed by atoms with van der Waals surface area (Å²) in [6.07, 6.45) is 3.82. The molecular formula is C13H19BrN4. The van der Waals surface area contributed by atoms with Crippen molar-refractivity contribution < 1.29 is 0 Å². The van der Waals surface area contributed by atoms with Crippen LogP contribution in [0.4, 0.5) is 0 Å². The van der Waals surface area contributed by atoms with Crippen LogP contribution in [0.3, 0.4) is 0 Å². The minimum absolute atomic E-state index is 0.273. The SMILES string of the molecule is CCCc1nc2cc(Br)cnc2n1CC(C)(C)N. The van der Waals surface area contributed by atoms with Gasteiger partial charge in [0.1, 0.15) is 11.3 Å². The van der Waals surface area contributed by atoms with Gasteiger partial charge in [0.2, 0.25) is 0 Å². The number of nitrogens with two attached hydrogens (primary N) is 1. The molecule has 0 amide bonds. The Morgan fingerprint density at radius 1 is 1.44 bits per heavy atom. The summed E-state index contributed by atoms with van der Waals surface area (Å²) < 4.78 is 3.10. The topological polar surface area (TPSA) is 56.7 Å². The summed E-state index contributed by atoms with van der Waals surface area (Å²) in [5.41, 5.74) is 7.70. The first-order valence-electron chi connectivity index (χ1n) is 6.20. The number of hydrogen-bond donors (Lipinski definition) is 1. The second kappa shape index (κ2) is 4.97. The van der Waals surface area contributed by atoms with Crippen molar-refractivity contribution in [2.24, 2.45) is 5.73 Å². The quantitative estimate of drug-likeness (QED) is 0.944. The van der Waals surface area contributed by atoms with Crippen molar-refractivity contribution in [1.82, 2.24) is 14.5 Å². The zero-order chi connectivity index (χ0) is 13.3. The van der Waals surface area contributed by atoms with Gasteiger partial charge in [-0.2, -0.15) is 0 Å². The maximum Gasteiger partial charge on any atom is 0.160 e. The fourth-order valence-electron chi connectivity index (χ4n) is 2.02. The number of halogens is 1. The number of hydrogen-bond acceptors (Lipinski definition) is 3. The molecule has 0 atom stereocenters. The summed E-state index contributed by atoms with van der Waals surface area (Å²) in [6, 6.07) is 2.00. The molecule has 0 saturated heterocycles. The van der Waals surface area contributed by atoms with Crippen LogP contribution in [0.1, 0.15) is 33.0 Å². The number of aryl methyl sites for hydroxylation is 1. The van der Waals surface area contributed by atoms with Crippen LogP contribution >= 0.6 is 15.9 Å². The van der Waals surface area contributed by atoms with Gasteiger partial charge in [-0.1, -0.05) is 6.92 Å². The lowest BCUT2D eigenvalue weighted by molar-refractivity contribution is 0.429. The summed E-state index contributed by atoms with van der Waals surface area (Å²) in [4.78, 5) is 9.13. The zero-order valence-corrected chi connectivity index (χ0v) is 12.7. The Hall–Kier alpha value is -0.940. The first-order chi connectivity index (χ1) is 8.40. The van der Waals surface area contributed by atoms with Crippen molar-refractivity contribution in [2.75, 3.05) is 0 Å². The lowest BCUT2D eigenvalue weighted by Gasteiger charge is -2.20. The van der Waals surface area contributed by atoms with Crippen LogP contribution < -0.4 is 5.73 Å². The normalized spacial score (nSPS) is 12.3. The van der Waals surface area contributed by atoms with Gasteiger partial charge >= 0.3 is 0 Å². The number of nitrogens with zero attached hydrogens (tertiary/aromatic N) is 3. The molecule has 0 spiro atoms. The van der Waals surface area contributed by atoms with Gasteiger partial charge in [-0.15, -0.1) is 0 Å². The highest BCUT2D eigenvalue weighted by Crippen LogP contribution is 2.20. The number of imidazole rings is 1. The maximum atomic E-state index is 6.13. The van der Waals surface area contributed by atoms with Crippen molar-refractivity contribution in [2.45, 2.75) is 45.7 Å². The molecule has 2 rings (SSSR count). The second-order valence-corrected chi connectivity index (χ2v) is 6.26. The lowest BCUT2D eigenvalue weighted by atomic mass is 10.1. The molecule has 18 heavy (non-hydrogen) atoms. The summed E-state index contributed by atoms with van der Waals surface area (Å²) in [7, 11) is 0. The van der Waals surface area contributed by atoms with E-state index in [1.54, 1.807) is 6.20 Å². The molecule has 2 aromatic heterocycles. The molecule has 2 aromatic rings. The Labute approximate surface area is 116 Å². The van der Waals surface area contributed by atoms with Crippen LogP contribution in [-0.2, 0) is 13.0 Å². The standard InChI is InChI=1S/C13H19BrN4/c1-4-5-11-17-10-6-9(14)7-16-12(10)18(11)8-13(2,3)15/h6-7H,4-5,8,15H2,1-3H3. The molecule has 2 heterocycles. The average molecular weight is 311 g/mol. The monoisotopic (exact) mass is 310 g/mol. The van der Waals surface area contributed by atoms with E-state index in [1.165, 1.54) is 0 Å². The van der Waals surface area contributed by atoms with Crippen molar-refractivity contribution in [3.8, 4) is 0 Å². The molecule has 0 bridgehead atoms. The molecule has 0 radical (unpaired) electrons. The van der Waals surface area contributed by atoms with E-state index < -0.39 is 0 Å². The number of pyridine rings is 1. The molecule has 0 unspecified atom stereocenters. The van der Waals surface area contributed by atoms with Gasteiger partial charge in [0.15, 0.2) is 5.65 Å². The predicted molar refractivity (Wildman–Crippen MR) is 77.5 cm³/mol. The highest BCUT2D eigenvalue weighted by Gasteiger charge is 2.18. The maximum absolute atomic E-state index is 6.13. The molecular weight excluding hydrogens is 292 g/mol. The van der Waals surface area contributed by atoms with Crippen molar-refractivity contribution in [1.29, 1.82) is 0 Å². The molecule has 0 aromatic carbocycles. The number of rotatable bonds is 4. The van der Waals surface area contributed by atoms with Crippen LogP contribution in [-0.4, -0.2) is 20.1 Å². The highest BCUT2D eigenvalue weighted by molar-refractivity contribution is 9.10. The van der Waals surface area contributed by atoms with E-state index in [4.69, 9.17) is 5.73 Å². The van der Waals surface area contributed by atoms with Gasteiger partial charge in [-0.25, -0.2) is 9.97 Å². The Balaban J connectivity index is 2.55. The second-order valence-electron chi connectivity index (χ2n) is 5.35. The first-order valence-corrected chi connectivity index (χ1v) is 6.99. The van der Waals surface area contributed by atoms with Gasteiger partial charge in [0.25, 0.3) is 0 Å². The van der Waals surface area contributed by atoms with Gasteiger partial charge in [-0.05, 0) is 42.3 Å². The Morgan fingerprint density at radius 3 is 2.78 bits per heavy atom. The Morgan fingerprint density at radius 2 is 2.17 bits per heavy atom. The van der Waals surface area contributed by atoms with E-state index in [2.05, 4.69) is 37.4 Å². The predicted octanol–water partition coefficient (Wildman–Crippen LogP) is 2.88. The fourth-order valence-corrected chi connectivity index (χ4v) is 2.34. The highest BCUT2D eigenvalue weighted by atomic mass is 79.9. The summed E-state index contributed by atoms with van der Waals surface area (Å²) in [6.45, 7) is 6.93. The molecule has 2 N–H and O–H groups in total. The molecule has 98 valence electrons. The molecule has 0 aliphatic carbocycles. The van der Waals surface area contributed by atoms with Crippen molar-refractivity contribution >= 4 is 27.1 Å². The van der Waals surface area contributed by atoms with E-state index in [0.29, 0.717) is 0 Å². The van der Waals surface area contributed by atoms with Gasteiger partial charge in [0.05, 0.1) is 0 Å². The Bertz CT molecular complexity index is 554. The van der Waals surface area contributed by atoms with Gasteiger partial charge in [-0.3, -0.25) is 0 Å². The van der Waals surface area contributed by atoms with Crippen LogP contribution in [0.25, 0.3) is 11.2 Å². The molecule has 0 fully saturated rings. The van der Waals surface area contributed by atoms with E-state index in [1.807, 2.05) is 19.9 Å². The molecule has 5 heteroatoms. The van der Waals surface area contributed by atoms with Crippen molar-refractivity contribution in [3.05, 3.63) is 22.6 Å². The minimum Gasteiger partial charge on any atom is -0.324 e. The Kier molecular flexibility index (Phi) is 3.73. The fraction of sp³-hybridized carbons (Fsp3) is 0.538. The van der Waals surface area contributed by atoms with Crippen LogP contribution in [0.2, 0.25) is 0 Å². The smallest absolute Gasteiger partial charge is 0.160 e. The minimum atomic E-state index is -0.273. The number of aromatic nitrogens is 3. The van der Waals surface area contributed by atoms with E-state index in [0.717, 1.165) is 40.8 Å². The molecule has 0 aliphatic heterocycles. The third kappa shape index (κ3) is 2.90. The van der Waals surface area contributed by atoms with E-state index in [-0.39, 0.29) is 5.54 Å². The van der Waals surface area contributed by atoms with E-state index >= 15 is 0 Å². The van der Waals surface area contributed by atoms with Gasteiger partial charge < -0.3 is 10.3 Å². The largest absolute Gasteiger partial charge is 0.324 e. The third-order valence-corrected chi connectivity index (χ3v) is 3.10. The lowest BCUT2D eigenvalue weighted by Crippen LogP contribution is -2.37. The third-order valence-electron chi connectivity index (χ3n) is 2.67. The average Bonchev–Trinajstić information content (AvgIpc) is 2.54.